The number of carbonyl (C=O) groups excluding carboxylic acids is 1. The predicted octanol–water partition coefficient (Wildman–Crippen LogP) is 1.85. The van der Waals surface area contributed by atoms with Gasteiger partial charge in [-0.25, -0.2) is 0 Å². The summed E-state index contributed by atoms with van der Waals surface area (Å²) < 4.78 is 1.19. The second-order valence-corrected chi connectivity index (χ2v) is 4.38. The van der Waals surface area contributed by atoms with Crippen molar-refractivity contribution < 1.29 is 14.7 Å². The van der Waals surface area contributed by atoms with Gasteiger partial charge in [-0.05, 0) is 6.07 Å². The molecular formula is C10H8Cl2N4O3. The summed E-state index contributed by atoms with van der Waals surface area (Å²) in [5.41, 5.74) is 0.183. The first-order valence-corrected chi connectivity index (χ1v) is 5.82. The Morgan fingerprint density at radius 1 is 1.47 bits per heavy atom. The SMILES string of the molecule is O=C(O)Cn1ccc(NC(=O)c2cc(Cl)c(Cl)[nH]2)n1. The minimum atomic E-state index is -1.02. The minimum absolute atomic E-state index is 0.170. The molecule has 3 N–H and O–H groups in total. The Morgan fingerprint density at radius 2 is 2.21 bits per heavy atom. The van der Waals surface area contributed by atoms with E-state index in [1.54, 1.807) is 0 Å². The molecule has 0 fully saturated rings. The second-order valence-electron chi connectivity index (χ2n) is 3.59. The van der Waals surface area contributed by atoms with Gasteiger partial charge in [0.1, 0.15) is 17.4 Å². The number of aliphatic carboxylic acids is 1. The highest BCUT2D eigenvalue weighted by Gasteiger charge is 2.13. The van der Waals surface area contributed by atoms with Gasteiger partial charge in [-0.1, -0.05) is 23.2 Å². The van der Waals surface area contributed by atoms with Crippen molar-refractivity contribution in [3.63, 3.8) is 0 Å². The Bertz CT molecular complexity index is 615. The van der Waals surface area contributed by atoms with E-state index in [1.165, 1.54) is 23.0 Å². The third-order valence-electron chi connectivity index (χ3n) is 2.15. The van der Waals surface area contributed by atoms with Crippen molar-refractivity contribution in [2.45, 2.75) is 6.54 Å². The van der Waals surface area contributed by atoms with E-state index in [0.29, 0.717) is 0 Å². The van der Waals surface area contributed by atoms with Gasteiger partial charge < -0.3 is 15.4 Å². The van der Waals surface area contributed by atoms with Crippen LogP contribution in [0.3, 0.4) is 0 Å². The summed E-state index contributed by atoms with van der Waals surface area (Å²) in [4.78, 5) is 24.9. The number of H-pyrrole nitrogens is 1. The summed E-state index contributed by atoms with van der Waals surface area (Å²) in [5.74, 6) is -1.27. The first kappa shape index (κ1) is 13.4. The van der Waals surface area contributed by atoms with Gasteiger partial charge in [0, 0.05) is 12.3 Å². The lowest BCUT2D eigenvalue weighted by atomic mass is 10.4. The van der Waals surface area contributed by atoms with Crippen LogP contribution in [0.2, 0.25) is 10.2 Å². The van der Waals surface area contributed by atoms with Gasteiger partial charge in [0.25, 0.3) is 5.91 Å². The van der Waals surface area contributed by atoms with Crippen LogP contribution in [0.1, 0.15) is 10.5 Å². The van der Waals surface area contributed by atoms with E-state index < -0.39 is 11.9 Å². The highest BCUT2D eigenvalue weighted by molar-refractivity contribution is 6.41. The van der Waals surface area contributed by atoms with Crippen LogP contribution in [0.15, 0.2) is 18.3 Å². The second kappa shape index (κ2) is 5.33. The molecule has 0 aliphatic heterocycles. The molecule has 100 valence electrons. The maximum atomic E-state index is 11.8. The molecule has 0 spiro atoms. The number of halogens is 2. The topological polar surface area (TPSA) is 100 Å². The molecule has 1 amide bonds. The molecule has 0 radical (unpaired) electrons. The summed E-state index contributed by atoms with van der Waals surface area (Å²) in [6.07, 6.45) is 1.44. The summed E-state index contributed by atoms with van der Waals surface area (Å²) in [7, 11) is 0. The molecule has 0 saturated heterocycles. The molecule has 19 heavy (non-hydrogen) atoms. The van der Waals surface area contributed by atoms with Gasteiger partial charge in [-0.3, -0.25) is 14.3 Å². The molecule has 2 rings (SSSR count). The van der Waals surface area contributed by atoms with Crippen LogP contribution in [-0.4, -0.2) is 31.7 Å². The van der Waals surface area contributed by atoms with E-state index in [-0.39, 0.29) is 28.2 Å². The number of rotatable bonds is 4. The number of aromatic amines is 1. The first-order chi connectivity index (χ1) is 8.95. The minimum Gasteiger partial charge on any atom is -0.480 e. The smallest absolute Gasteiger partial charge is 0.325 e. The number of carbonyl (C=O) groups is 2. The van der Waals surface area contributed by atoms with Crippen molar-refractivity contribution in [1.29, 1.82) is 0 Å². The average molecular weight is 303 g/mol. The number of carboxylic acid groups (broad SMARTS) is 1. The normalized spacial score (nSPS) is 10.4. The molecule has 2 heterocycles. The lowest BCUT2D eigenvalue weighted by Gasteiger charge is -1.99. The molecule has 0 unspecified atom stereocenters. The number of anilines is 1. The first-order valence-electron chi connectivity index (χ1n) is 5.06. The van der Waals surface area contributed by atoms with Crippen molar-refractivity contribution in [2.24, 2.45) is 0 Å². The molecule has 0 aliphatic carbocycles. The number of carboxylic acids is 1. The van der Waals surface area contributed by atoms with Crippen LogP contribution in [0.4, 0.5) is 5.82 Å². The standard InChI is InChI=1S/C10H8Cl2N4O3/c11-5-3-6(13-9(5)12)10(19)14-7-1-2-16(15-7)4-8(17)18/h1-3,13H,4H2,(H,17,18)(H,14,15,19). The number of nitrogens with one attached hydrogen (secondary N) is 2. The maximum absolute atomic E-state index is 11.8. The van der Waals surface area contributed by atoms with Gasteiger partial charge in [0.2, 0.25) is 0 Å². The van der Waals surface area contributed by atoms with Crippen LogP contribution in [0.5, 0.6) is 0 Å². The average Bonchev–Trinajstić information content (AvgIpc) is 2.86. The molecule has 0 bridgehead atoms. The van der Waals surface area contributed by atoms with E-state index in [0.717, 1.165) is 0 Å². The molecule has 9 heteroatoms. The highest BCUT2D eigenvalue weighted by atomic mass is 35.5. The van der Waals surface area contributed by atoms with Crippen molar-refractivity contribution in [2.75, 3.05) is 5.32 Å². The van der Waals surface area contributed by atoms with Crippen LogP contribution < -0.4 is 5.32 Å². The Hall–Kier alpha value is -1.99. The van der Waals surface area contributed by atoms with E-state index >= 15 is 0 Å². The monoisotopic (exact) mass is 302 g/mol. The van der Waals surface area contributed by atoms with E-state index in [2.05, 4.69) is 15.4 Å². The zero-order valence-corrected chi connectivity index (χ0v) is 10.9. The Labute approximate surface area is 117 Å². The fourth-order valence-corrected chi connectivity index (χ4v) is 1.68. The predicted molar refractivity (Wildman–Crippen MR) is 68.6 cm³/mol. The van der Waals surface area contributed by atoms with Gasteiger partial charge in [0.15, 0.2) is 5.82 Å². The van der Waals surface area contributed by atoms with E-state index in [9.17, 15) is 9.59 Å². The Balaban J connectivity index is 2.06. The molecule has 7 nitrogen and oxygen atoms in total. The molecule has 2 aromatic rings. The molecule has 0 saturated carbocycles. The van der Waals surface area contributed by atoms with Crippen molar-refractivity contribution >= 4 is 40.9 Å². The third kappa shape index (κ3) is 3.27. The maximum Gasteiger partial charge on any atom is 0.325 e. The van der Waals surface area contributed by atoms with E-state index in [4.69, 9.17) is 28.3 Å². The summed E-state index contributed by atoms with van der Waals surface area (Å²) in [6, 6.07) is 2.86. The van der Waals surface area contributed by atoms with Crippen LogP contribution >= 0.6 is 23.2 Å². The number of aromatic nitrogens is 3. The number of nitrogens with zero attached hydrogens (tertiary/aromatic N) is 2. The molecule has 0 atom stereocenters. The quantitative estimate of drug-likeness (QED) is 0.802. The summed E-state index contributed by atoms with van der Waals surface area (Å²) >= 11 is 11.4. The molecule has 0 aromatic carbocycles. The van der Waals surface area contributed by atoms with Crippen molar-refractivity contribution in [3.05, 3.63) is 34.2 Å². The fourth-order valence-electron chi connectivity index (χ4n) is 1.37. The summed E-state index contributed by atoms with van der Waals surface area (Å²) in [5, 5.41) is 15.3. The largest absolute Gasteiger partial charge is 0.480 e. The lowest BCUT2D eigenvalue weighted by molar-refractivity contribution is -0.137. The molecule has 0 aliphatic rings. The van der Waals surface area contributed by atoms with Crippen LogP contribution in [0.25, 0.3) is 0 Å². The number of hydrogen-bond donors (Lipinski definition) is 3. The highest BCUT2D eigenvalue weighted by Crippen LogP contribution is 2.22. The number of hydrogen-bond acceptors (Lipinski definition) is 3. The van der Waals surface area contributed by atoms with E-state index in [1.807, 2.05) is 0 Å². The van der Waals surface area contributed by atoms with Crippen LogP contribution in [-0.2, 0) is 11.3 Å². The molecular weight excluding hydrogens is 295 g/mol. The Kier molecular flexibility index (Phi) is 3.77. The van der Waals surface area contributed by atoms with Gasteiger partial charge in [-0.15, -0.1) is 0 Å². The van der Waals surface area contributed by atoms with Gasteiger partial charge in [-0.2, -0.15) is 5.10 Å². The van der Waals surface area contributed by atoms with Crippen molar-refractivity contribution in [3.8, 4) is 0 Å². The van der Waals surface area contributed by atoms with Crippen molar-refractivity contribution in [1.82, 2.24) is 14.8 Å². The third-order valence-corrected chi connectivity index (χ3v) is 2.84. The van der Waals surface area contributed by atoms with Gasteiger partial charge in [0.05, 0.1) is 5.02 Å². The van der Waals surface area contributed by atoms with Crippen LogP contribution in [0, 0.1) is 0 Å². The molecule has 2 aromatic heterocycles. The Morgan fingerprint density at radius 3 is 2.79 bits per heavy atom. The zero-order valence-electron chi connectivity index (χ0n) is 9.35. The fraction of sp³-hybridized carbons (Fsp3) is 0.100. The lowest BCUT2D eigenvalue weighted by Crippen LogP contribution is -2.14. The van der Waals surface area contributed by atoms with Gasteiger partial charge >= 0.3 is 5.97 Å². The number of amides is 1. The zero-order chi connectivity index (χ0) is 14.0. The summed E-state index contributed by atoms with van der Waals surface area (Å²) in [6.45, 7) is -0.282.